The van der Waals surface area contributed by atoms with Crippen molar-refractivity contribution < 1.29 is 9.72 Å². The predicted octanol–water partition coefficient (Wildman–Crippen LogP) is 2.84. The number of amides is 1. The summed E-state index contributed by atoms with van der Waals surface area (Å²) in [4.78, 5) is 22.3. The average Bonchev–Trinajstić information content (AvgIpc) is 2.71. The Labute approximate surface area is 132 Å². The van der Waals surface area contributed by atoms with Gasteiger partial charge in [0.15, 0.2) is 0 Å². The SMILES string of the molecule is Cn1ncc(I)c1C(=O)Nc1cc([N+](=O)[O-])ccc1Cl. The number of nitro benzene ring substituents is 1. The van der Waals surface area contributed by atoms with E-state index < -0.39 is 10.8 Å². The summed E-state index contributed by atoms with van der Waals surface area (Å²) in [7, 11) is 1.63. The molecule has 0 bridgehead atoms. The fourth-order valence-corrected chi connectivity index (χ4v) is 2.45. The zero-order valence-corrected chi connectivity index (χ0v) is 13.0. The van der Waals surface area contributed by atoms with Crippen LogP contribution in [-0.2, 0) is 7.05 Å². The lowest BCUT2D eigenvalue weighted by Gasteiger charge is -2.07. The second-order valence-electron chi connectivity index (χ2n) is 3.84. The van der Waals surface area contributed by atoms with Gasteiger partial charge in [-0.15, -0.1) is 0 Å². The van der Waals surface area contributed by atoms with Gasteiger partial charge < -0.3 is 5.32 Å². The minimum Gasteiger partial charge on any atom is -0.319 e. The highest BCUT2D eigenvalue weighted by Gasteiger charge is 2.18. The molecule has 20 heavy (non-hydrogen) atoms. The molecule has 7 nitrogen and oxygen atoms in total. The van der Waals surface area contributed by atoms with Crippen molar-refractivity contribution in [3.63, 3.8) is 0 Å². The van der Waals surface area contributed by atoms with Crippen LogP contribution < -0.4 is 5.32 Å². The molecule has 1 amide bonds. The Hall–Kier alpha value is -1.68. The summed E-state index contributed by atoms with van der Waals surface area (Å²) in [5, 5.41) is 17.4. The first-order valence-corrected chi connectivity index (χ1v) is 6.78. The van der Waals surface area contributed by atoms with Crippen molar-refractivity contribution >= 4 is 51.5 Å². The van der Waals surface area contributed by atoms with Crippen LogP contribution in [-0.4, -0.2) is 20.6 Å². The lowest BCUT2D eigenvalue weighted by Crippen LogP contribution is -2.17. The Morgan fingerprint density at radius 3 is 2.80 bits per heavy atom. The predicted molar refractivity (Wildman–Crippen MR) is 82.0 cm³/mol. The molecule has 0 spiro atoms. The summed E-state index contributed by atoms with van der Waals surface area (Å²) in [5.41, 5.74) is 0.389. The number of anilines is 1. The molecule has 0 radical (unpaired) electrons. The molecule has 0 aliphatic rings. The molecule has 1 heterocycles. The number of aryl methyl sites for hydroxylation is 1. The number of hydrogen-bond donors (Lipinski definition) is 1. The van der Waals surface area contributed by atoms with E-state index in [1.54, 1.807) is 13.2 Å². The van der Waals surface area contributed by atoms with Gasteiger partial charge in [-0.3, -0.25) is 19.6 Å². The number of halogens is 2. The molecule has 0 aliphatic carbocycles. The Bertz CT molecular complexity index is 681. The van der Waals surface area contributed by atoms with Crippen LogP contribution in [0.5, 0.6) is 0 Å². The zero-order chi connectivity index (χ0) is 14.9. The fraction of sp³-hybridized carbons (Fsp3) is 0.0909. The van der Waals surface area contributed by atoms with E-state index in [0.717, 1.165) is 0 Å². The molecular weight excluding hydrogens is 399 g/mol. The molecule has 0 aliphatic heterocycles. The Kier molecular flexibility index (Phi) is 4.23. The maximum Gasteiger partial charge on any atom is 0.275 e. The molecule has 0 saturated carbocycles. The van der Waals surface area contributed by atoms with E-state index in [4.69, 9.17) is 11.6 Å². The second-order valence-corrected chi connectivity index (χ2v) is 5.41. The van der Waals surface area contributed by atoms with Crippen LogP contribution in [0.2, 0.25) is 5.02 Å². The van der Waals surface area contributed by atoms with Gasteiger partial charge in [0.25, 0.3) is 11.6 Å². The second kappa shape index (κ2) is 5.75. The van der Waals surface area contributed by atoms with Crippen LogP contribution in [0, 0.1) is 13.7 Å². The number of rotatable bonds is 3. The molecule has 104 valence electrons. The first-order chi connectivity index (χ1) is 9.40. The van der Waals surface area contributed by atoms with Crippen molar-refractivity contribution in [1.29, 1.82) is 0 Å². The van der Waals surface area contributed by atoms with Crippen LogP contribution >= 0.6 is 34.2 Å². The third kappa shape index (κ3) is 2.90. The van der Waals surface area contributed by atoms with Crippen molar-refractivity contribution in [1.82, 2.24) is 9.78 Å². The van der Waals surface area contributed by atoms with Crippen molar-refractivity contribution in [2.45, 2.75) is 0 Å². The van der Waals surface area contributed by atoms with E-state index in [0.29, 0.717) is 9.26 Å². The third-order valence-electron chi connectivity index (χ3n) is 2.52. The standard InChI is InChI=1S/C11H8ClIN4O3/c1-16-10(8(13)5-14-16)11(18)15-9-4-6(17(19)20)2-3-7(9)12/h2-5H,1H3,(H,15,18). The Morgan fingerprint density at radius 1 is 1.55 bits per heavy atom. The molecule has 1 aromatic carbocycles. The summed E-state index contributed by atoms with van der Waals surface area (Å²) in [6.07, 6.45) is 1.55. The number of nitro groups is 1. The first-order valence-electron chi connectivity index (χ1n) is 5.33. The number of nitrogens with zero attached hydrogens (tertiary/aromatic N) is 3. The maximum absolute atomic E-state index is 12.1. The summed E-state index contributed by atoms with van der Waals surface area (Å²) in [6.45, 7) is 0. The van der Waals surface area contributed by atoms with Gasteiger partial charge in [0.2, 0.25) is 0 Å². The van der Waals surface area contributed by atoms with E-state index in [9.17, 15) is 14.9 Å². The van der Waals surface area contributed by atoms with Gasteiger partial charge in [-0.1, -0.05) is 11.6 Å². The highest BCUT2D eigenvalue weighted by molar-refractivity contribution is 14.1. The molecule has 0 saturated heterocycles. The lowest BCUT2D eigenvalue weighted by atomic mass is 10.2. The normalized spacial score (nSPS) is 10.3. The van der Waals surface area contributed by atoms with E-state index in [2.05, 4.69) is 10.4 Å². The maximum atomic E-state index is 12.1. The van der Waals surface area contributed by atoms with Crippen molar-refractivity contribution in [2.24, 2.45) is 7.05 Å². The molecule has 9 heteroatoms. The molecule has 0 fully saturated rings. The fourth-order valence-electron chi connectivity index (χ4n) is 1.57. The third-order valence-corrected chi connectivity index (χ3v) is 3.64. The van der Waals surface area contributed by atoms with E-state index >= 15 is 0 Å². The highest BCUT2D eigenvalue weighted by Crippen LogP contribution is 2.27. The number of benzene rings is 1. The van der Waals surface area contributed by atoms with Gasteiger partial charge in [-0.2, -0.15) is 5.10 Å². The van der Waals surface area contributed by atoms with Gasteiger partial charge in [0, 0.05) is 19.2 Å². The monoisotopic (exact) mass is 406 g/mol. The Morgan fingerprint density at radius 2 is 2.25 bits per heavy atom. The van der Waals surface area contributed by atoms with Crippen LogP contribution in [0.3, 0.4) is 0 Å². The van der Waals surface area contributed by atoms with Crippen molar-refractivity contribution in [3.05, 3.63) is 48.8 Å². The molecule has 1 aromatic heterocycles. The van der Waals surface area contributed by atoms with Crippen molar-refractivity contribution in [3.8, 4) is 0 Å². The van der Waals surface area contributed by atoms with Crippen LogP contribution in [0.1, 0.15) is 10.5 Å². The number of carbonyl (C=O) groups excluding carboxylic acids is 1. The summed E-state index contributed by atoms with van der Waals surface area (Å²) in [6, 6.07) is 3.85. The van der Waals surface area contributed by atoms with Gasteiger partial charge in [0.05, 0.1) is 25.4 Å². The van der Waals surface area contributed by atoms with Gasteiger partial charge in [-0.25, -0.2) is 0 Å². The van der Waals surface area contributed by atoms with E-state index in [-0.39, 0.29) is 16.4 Å². The molecule has 0 atom stereocenters. The van der Waals surface area contributed by atoms with E-state index in [1.807, 2.05) is 22.6 Å². The van der Waals surface area contributed by atoms with Crippen LogP contribution in [0.25, 0.3) is 0 Å². The average molecular weight is 407 g/mol. The topological polar surface area (TPSA) is 90.1 Å². The quantitative estimate of drug-likeness (QED) is 0.482. The number of hydrogen-bond acceptors (Lipinski definition) is 4. The first kappa shape index (κ1) is 14.7. The largest absolute Gasteiger partial charge is 0.319 e. The smallest absolute Gasteiger partial charge is 0.275 e. The number of non-ortho nitro benzene ring substituents is 1. The minimum atomic E-state index is -0.556. The van der Waals surface area contributed by atoms with E-state index in [1.165, 1.54) is 22.9 Å². The number of carbonyl (C=O) groups is 1. The van der Waals surface area contributed by atoms with Crippen LogP contribution in [0.4, 0.5) is 11.4 Å². The highest BCUT2D eigenvalue weighted by atomic mass is 127. The molecule has 2 aromatic rings. The molecule has 1 N–H and O–H groups in total. The molecule has 2 rings (SSSR count). The van der Waals surface area contributed by atoms with Gasteiger partial charge in [-0.05, 0) is 28.7 Å². The van der Waals surface area contributed by atoms with Gasteiger partial charge in [0.1, 0.15) is 5.69 Å². The summed E-state index contributed by atoms with van der Waals surface area (Å²) in [5.74, 6) is -0.434. The zero-order valence-electron chi connectivity index (χ0n) is 10.1. The number of nitrogens with one attached hydrogen (secondary N) is 1. The Balaban J connectivity index is 2.33. The van der Waals surface area contributed by atoms with Crippen molar-refractivity contribution in [2.75, 3.05) is 5.32 Å². The summed E-state index contributed by atoms with van der Waals surface area (Å²) >= 11 is 7.90. The molecule has 0 unspecified atom stereocenters. The minimum absolute atomic E-state index is 0.149. The molecular formula is C11H8ClIN4O3. The number of aromatic nitrogens is 2. The van der Waals surface area contributed by atoms with Gasteiger partial charge >= 0.3 is 0 Å². The summed E-state index contributed by atoms with van der Waals surface area (Å²) < 4.78 is 2.09. The van der Waals surface area contributed by atoms with Crippen LogP contribution in [0.15, 0.2) is 24.4 Å². The lowest BCUT2D eigenvalue weighted by molar-refractivity contribution is -0.384.